The monoisotopic (exact) mass is 411 g/mol. The van der Waals surface area contributed by atoms with Gasteiger partial charge in [0.1, 0.15) is 5.03 Å². The second-order valence-electron chi connectivity index (χ2n) is 5.63. The van der Waals surface area contributed by atoms with Crippen molar-refractivity contribution in [1.29, 1.82) is 0 Å². The van der Waals surface area contributed by atoms with E-state index in [4.69, 9.17) is 11.6 Å². The summed E-state index contributed by atoms with van der Waals surface area (Å²) in [5, 5.41) is 2.78. The highest BCUT2D eigenvalue weighted by Crippen LogP contribution is 2.36. The molecule has 2 aromatic carbocycles. The summed E-state index contributed by atoms with van der Waals surface area (Å²) < 4.78 is 39.3. The van der Waals surface area contributed by atoms with Gasteiger partial charge in [-0.25, -0.2) is 9.97 Å². The molecule has 3 rings (SSSR count). The highest BCUT2D eigenvalue weighted by atomic mass is 35.5. The van der Waals surface area contributed by atoms with Gasteiger partial charge in [-0.3, -0.25) is 4.79 Å². The molecule has 0 saturated heterocycles. The summed E-state index contributed by atoms with van der Waals surface area (Å²) in [5.41, 5.74) is 0.741. The number of aryl methyl sites for hydroxylation is 1. The lowest BCUT2D eigenvalue weighted by molar-refractivity contribution is -0.137. The SMILES string of the molecule is Cc1nc2ccccc2nc1SCC(=O)Nc1ccc(Cl)cc1C(F)(F)F. The smallest absolute Gasteiger partial charge is 0.325 e. The van der Waals surface area contributed by atoms with Crippen LogP contribution in [0.25, 0.3) is 11.0 Å². The lowest BCUT2D eigenvalue weighted by Crippen LogP contribution is -2.18. The number of amides is 1. The standard InChI is InChI=1S/C18H13ClF3N3OS/c1-10-17(25-15-5-3-2-4-14(15)23-10)27-9-16(26)24-13-7-6-11(19)8-12(13)18(20,21)22/h2-8H,9H2,1H3,(H,24,26). The van der Waals surface area contributed by atoms with Gasteiger partial charge >= 0.3 is 6.18 Å². The molecule has 0 unspecified atom stereocenters. The van der Waals surface area contributed by atoms with Crippen molar-refractivity contribution in [3.63, 3.8) is 0 Å². The van der Waals surface area contributed by atoms with Crippen LogP contribution in [0.2, 0.25) is 5.02 Å². The molecule has 0 aliphatic carbocycles. The largest absolute Gasteiger partial charge is 0.418 e. The minimum absolute atomic E-state index is 0.0586. The molecule has 1 aromatic heterocycles. The van der Waals surface area contributed by atoms with Crippen LogP contribution in [0.4, 0.5) is 18.9 Å². The molecule has 0 aliphatic rings. The lowest BCUT2D eigenvalue weighted by Gasteiger charge is -2.14. The molecular formula is C18H13ClF3N3OS. The van der Waals surface area contributed by atoms with E-state index in [0.717, 1.165) is 29.4 Å². The number of carbonyl (C=O) groups is 1. The van der Waals surface area contributed by atoms with Crippen LogP contribution in [0, 0.1) is 6.92 Å². The Hall–Kier alpha value is -2.32. The molecule has 0 spiro atoms. The number of nitrogens with zero attached hydrogens (tertiary/aromatic N) is 2. The van der Waals surface area contributed by atoms with Gasteiger partial charge < -0.3 is 5.32 Å². The van der Waals surface area contributed by atoms with E-state index in [0.29, 0.717) is 16.2 Å². The van der Waals surface area contributed by atoms with Gasteiger partial charge in [-0.2, -0.15) is 13.2 Å². The van der Waals surface area contributed by atoms with Gasteiger partial charge in [-0.05, 0) is 37.3 Å². The number of thioether (sulfide) groups is 1. The fourth-order valence-electron chi connectivity index (χ4n) is 2.39. The van der Waals surface area contributed by atoms with Crippen molar-refractivity contribution in [2.75, 3.05) is 11.1 Å². The Bertz CT molecular complexity index is 1010. The molecule has 1 N–H and O–H groups in total. The number of aromatic nitrogens is 2. The molecule has 1 amide bonds. The Morgan fingerprint density at radius 3 is 2.48 bits per heavy atom. The minimum atomic E-state index is -4.62. The number of carbonyl (C=O) groups excluding carboxylic acids is 1. The number of alkyl halides is 3. The summed E-state index contributed by atoms with van der Waals surface area (Å²) in [6.07, 6.45) is -4.62. The molecule has 1 heterocycles. The number of anilines is 1. The van der Waals surface area contributed by atoms with Gasteiger partial charge in [0.15, 0.2) is 0 Å². The maximum absolute atomic E-state index is 13.1. The molecule has 0 saturated carbocycles. The predicted octanol–water partition coefficient (Wildman–Crippen LogP) is 5.34. The molecule has 3 aromatic rings. The van der Waals surface area contributed by atoms with Gasteiger partial charge in [0.25, 0.3) is 0 Å². The topological polar surface area (TPSA) is 54.9 Å². The van der Waals surface area contributed by atoms with Crippen molar-refractivity contribution in [3.8, 4) is 0 Å². The highest BCUT2D eigenvalue weighted by molar-refractivity contribution is 8.00. The van der Waals surface area contributed by atoms with Gasteiger partial charge in [-0.15, -0.1) is 0 Å². The minimum Gasteiger partial charge on any atom is -0.325 e. The van der Waals surface area contributed by atoms with Gasteiger partial charge in [-0.1, -0.05) is 35.5 Å². The summed E-state index contributed by atoms with van der Waals surface area (Å²) in [6.45, 7) is 1.76. The Labute approximate surface area is 162 Å². The zero-order valence-electron chi connectivity index (χ0n) is 14.0. The van der Waals surface area contributed by atoms with E-state index in [1.54, 1.807) is 13.0 Å². The van der Waals surface area contributed by atoms with E-state index in [-0.39, 0.29) is 16.5 Å². The highest BCUT2D eigenvalue weighted by Gasteiger charge is 2.34. The molecule has 0 bridgehead atoms. The molecule has 9 heteroatoms. The summed E-state index contributed by atoms with van der Waals surface area (Å²) in [7, 11) is 0. The lowest BCUT2D eigenvalue weighted by atomic mass is 10.1. The van der Waals surface area contributed by atoms with E-state index in [2.05, 4.69) is 15.3 Å². The molecule has 4 nitrogen and oxygen atoms in total. The first kappa shape index (κ1) is 19.4. The van der Waals surface area contributed by atoms with Crippen molar-refractivity contribution in [3.05, 3.63) is 58.7 Å². The average Bonchev–Trinajstić information content (AvgIpc) is 2.60. The molecule has 0 aliphatic heterocycles. The fourth-order valence-corrected chi connectivity index (χ4v) is 3.32. The number of hydrogen-bond donors (Lipinski definition) is 1. The number of benzene rings is 2. The van der Waals surface area contributed by atoms with Crippen LogP contribution in [0.3, 0.4) is 0 Å². The van der Waals surface area contributed by atoms with Gasteiger partial charge in [0.05, 0.1) is 33.7 Å². The summed E-state index contributed by atoms with van der Waals surface area (Å²) in [6, 6.07) is 10.5. The first-order valence-corrected chi connectivity index (χ1v) is 9.13. The van der Waals surface area contributed by atoms with Crippen LogP contribution in [0.1, 0.15) is 11.3 Å². The predicted molar refractivity (Wildman–Crippen MR) is 100 cm³/mol. The normalized spacial score (nSPS) is 11.6. The molecule has 140 valence electrons. The van der Waals surface area contributed by atoms with E-state index < -0.39 is 17.6 Å². The van der Waals surface area contributed by atoms with Crippen molar-refractivity contribution >= 4 is 46.0 Å². The number of rotatable bonds is 4. The zero-order chi connectivity index (χ0) is 19.6. The van der Waals surface area contributed by atoms with Crippen LogP contribution < -0.4 is 5.32 Å². The zero-order valence-corrected chi connectivity index (χ0v) is 15.5. The molecule has 0 radical (unpaired) electrons. The quantitative estimate of drug-likeness (QED) is 0.589. The third-order valence-electron chi connectivity index (χ3n) is 3.60. The number of hydrogen-bond acceptors (Lipinski definition) is 4. The van der Waals surface area contributed by atoms with Crippen LogP contribution >= 0.6 is 23.4 Å². The van der Waals surface area contributed by atoms with E-state index in [1.165, 1.54) is 6.07 Å². The van der Waals surface area contributed by atoms with Crippen molar-refractivity contribution in [2.45, 2.75) is 18.1 Å². The van der Waals surface area contributed by atoms with Crippen LogP contribution in [0.5, 0.6) is 0 Å². The summed E-state index contributed by atoms with van der Waals surface area (Å²) >= 11 is 6.75. The Balaban J connectivity index is 1.73. The number of nitrogens with one attached hydrogen (secondary N) is 1. The second kappa shape index (κ2) is 7.74. The van der Waals surface area contributed by atoms with Crippen molar-refractivity contribution in [2.24, 2.45) is 0 Å². The second-order valence-corrected chi connectivity index (χ2v) is 7.03. The summed E-state index contributed by atoms with van der Waals surface area (Å²) in [5.74, 6) is -0.685. The molecule has 0 atom stereocenters. The van der Waals surface area contributed by atoms with Crippen molar-refractivity contribution < 1.29 is 18.0 Å². The van der Waals surface area contributed by atoms with E-state index in [1.807, 2.05) is 18.2 Å². The maximum atomic E-state index is 13.1. The van der Waals surface area contributed by atoms with Gasteiger partial charge in [0.2, 0.25) is 5.91 Å². The number of para-hydroxylation sites is 2. The van der Waals surface area contributed by atoms with Crippen LogP contribution in [0.15, 0.2) is 47.5 Å². The third kappa shape index (κ3) is 4.70. The van der Waals surface area contributed by atoms with Crippen LogP contribution in [-0.4, -0.2) is 21.6 Å². The third-order valence-corrected chi connectivity index (χ3v) is 4.90. The molecule has 0 fully saturated rings. The van der Waals surface area contributed by atoms with Crippen LogP contribution in [-0.2, 0) is 11.0 Å². The van der Waals surface area contributed by atoms with E-state index >= 15 is 0 Å². The van der Waals surface area contributed by atoms with Crippen molar-refractivity contribution in [1.82, 2.24) is 9.97 Å². The Morgan fingerprint density at radius 2 is 1.81 bits per heavy atom. The Kier molecular flexibility index (Phi) is 5.57. The molecule has 27 heavy (non-hydrogen) atoms. The fraction of sp³-hybridized carbons (Fsp3) is 0.167. The van der Waals surface area contributed by atoms with Gasteiger partial charge in [0, 0.05) is 5.02 Å². The Morgan fingerprint density at radius 1 is 1.15 bits per heavy atom. The maximum Gasteiger partial charge on any atom is 0.418 e. The molecular weight excluding hydrogens is 399 g/mol. The first-order chi connectivity index (χ1) is 12.7. The first-order valence-electron chi connectivity index (χ1n) is 7.77. The van der Waals surface area contributed by atoms with E-state index in [9.17, 15) is 18.0 Å². The summed E-state index contributed by atoms with van der Waals surface area (Å²) in [4.78, 5) is 21.0. The number of halogens is 4. The number of fused-ring (bicyclic) bond motifs is 1. The average molecular weight is 412 g/mol.